The number of esters is 2. The van der Waals surface area contributed by atoms with Crippen molar-refractivity contribution in [1.82, 2.24) is 0 Å². The van der Waals surface area contributed by atoms with Crippen molar-refractivity contribution in [2.75, 3.05) is 41.0 Å². The summed E-state index contributed by atoms with van der Waals surface area (Å²) < 4.78 is 17.2. The van der Waals surface area contributed by atoms with Gasteiger partial charge >= 0.3 is 17.9 Å². The van der Waals surface area contributed by atoms with Gasteiger partial charge in [0.15, 0.2) is 12.1 Å². The highest BCUT2D eigenvalue weighted by atomic mass is 16.6. The van der Waals surface area contributed by atoms with Crippen molar-refractivity contribution in [2.45, 2.75) is 174 Å². The predicted octanol–water partition coefficient (Wildman–Crippen LogP) is 10.9. The molecule has 0 saturated heterocycles. The smallest absolute Gasteiger partial charge is 0.362 e. The Bertz CT molecular complexity index is 995. The zero-order valence-corrected chi connectivity index (χ0v) is 34.0. The van der Waals surface area contributed by atoms with Crippen LogP contribution in [0.2, 0.25) is 0 Å². The molecule has 1 N–H and O–H groups in total. The Balaban J connectivity index is 4.45. The summed E-state index contributed by atoms with van der Waals surface area (Å²) in [5, 5.41) is 9.60. The molecule has 8 nitrogen and oxygen atoms in total. The lowest BCUT2D eigenvalue weighted by Crippen LogP contribution is -2.50. The maximum absolute atomic E-state index is 12.7. The van der Waals surface area contributed by atoms with E-state index >= 15 is 0 Å². The molecule has 0 aromatic carbocycles. The van der Waals surface area contributed by atoms with E-state index in [0.717, 1.165) is 83.5 Å². The van der Waals surface area contributed by atoms with Crippen LogP contribution >= 0.6 is 0 Å². The van der Waals surface area contributed by atoms with E-state index in [1.807, 2.05) is 21.1 Å². The molecule has 0 aliphatic rings. The highest BCUT2D eigenvalue weighted by Gasteiger charge is 2.31. The highest BCUT2D eigenvalue weighted by molar-refractivity contribution is 5.72. The number of likely N-dealkylation sites (N-methyl/N-ethyl adjacent to an activating group) is 1. The minimum Gasteiger partial charge on any atom is -0.477 e. The summed E-state index contributed by atoms with van der Waals surface area (Å²) in [4.78, 5) is 36.9. The van der Waals surface area contributed by atoms with Gasteiger partial charge in [0.05, 0.1) is 34.4 Å². The number of carboxylic acids is 1. The molecule has 0 aliphatic carbocycles. The van der Waals surface area contributed by atoms with Gasteiger partial charge in [-0.15, -0.1) is 0 Å². The molecule has 0 aromatic heterocycles. The summed E-state index contributed by atoms with van der Waals surface area (Å²) in [7, 11) is 5.50. The Hall–Kier alpha value is -2.71. The number of rotatable bonds is 36. The summed E-state index contributed by atoms with van der Waals surface area (Å²) in [5.41, 5.74) is 0. The molecule has 2 atom stereocenters. The third-order valence-corrected chi connectivity index (χ3v) is 8.96. The lowest BCUT2D eigenvalue weighted by Gasteiger charge is -2.31. The molecule has 300 valence electrons. The van der Waals surface area contributed by atoms with Gasteiger partial charge in [0, 0.05) is 19.3 Å². The number of aliphatic carboxylic acids is 1. The fourth-order valence-electron chi connectivity index (χ4n) is 5.75. The molecule has 0 radical (unpaired) electrons. The largest absolute Gasteiger partial charge is 0.477 e. The average Bonchev–Trinajstić information content (AvgIpc) is 3.09. The van der Waals surface area contributed by atoms with Gasteiger partial charge in [-0.05, 0) is 70.6 Å². The van der Waals surface area contributed by atoms with Crippen LogP contribution in [0.3, 0.4) is 0 Å². The van der Waals surface area contributed by atoms with Gasteiger partial charge in [-0.25, -0.2) is 4.79 Å². The minimum atomic E-state index is -0.882. The molecule has 2 unspecified atom stereocenters. The summed E-state index contributed by atoms with van der Waals surface area (Å²) in [6.07, 6.45) is 40.1. The van der Waals surface area contributed by atoms with Crippen LogP contribution in [-0.2, 0) is 28.6 Å². The van der Waals surface area contributed by atoms with Crippen LogP contribution in [0.4, 0.5) is 0 Å². The number of carbonyl (C=O) groups is 3. The molecule has 0 fully saturated rings. The normalized spacial score (nSPS) is 13.5. The van der Waals surface area contributed by atoms with E-state index in [2.05, 4.69) is 62.5 Å². The summed E-state index contributed by atoms with van der Waals surface area (Å²) in [6.45, 7) is 4.56. The molecule has 0 aliphatic heterocycles. The summed E-state index contributed by atoms with van der Waals surface area (Å²) in [6, 6.07) is -0.620. The average molecular weight is 733 g/mol. The van der Waals surface area contributed by atoms with Gasteiger partial charge in [0.2, 0.25) is 0 Å². The molecule has 0 spiro atoms. The van der Waals surface area contributed by atoms with E-state index < -0.39 is 18.1 Å². The topological polar surface area (TPSA) is 99.1 Å². The van der Waals surface area contributed by atoms with Crippen molar-refractivity contribution in [3.63, 3.8) is 0 Å². The van der Waals surface area contributed by atoms with E-state index in [1.54, 1.807) is 0 Å². The molecule has 0 bridgehead atoms. The number of quaternary nitrogens is 1. The minimum absolute atomic E-state index is 0.0469. The number of carbonyl (C=O) groups excluding carboxylic acids is 2. The second-order valence-corrected chi connectivity index (χ2v) is 14.9. The molecular weight excluding hydrogens is 654 g/mol. The Kier molecular flexibility index (Phi) is 33.5. The fraction of sp³-hybridized carbons (Fsp3) is 0.750. The standard InChI is InChI=1S/C44H77NO7/c1-6-8-10-12-14-16-18-20-22-24-26-28-30-32-34-42(46)51-39-40(38-50-37-36-41(44(48)49)45(3,4)5)52-43(47)35-33-31-29-27-25-23-21-19-17-15-13-11-9-7-2/h8,10,14,16,20,22-23,25,40-41H,6-7,9,11-13,15,17-19,21,24,26-39H2,1-5H3/p+1/b10-8+,16-14+,22-20+,25-23+. The Labute approximate surface area is 318 Å². The molecule has 0 rings (SSSR count). The van der Waals surface area contributed by atoms with Crippen LogP contribution in [0.25, 0.3) is 0 Å². The Morgan fingerprint density at radius 1 is 0.596 bits per heavy atom. The molecular formula is C44H78NO7+. The van der Waals surface area contributed by atoms with E-state index in [4.69, 9.17) is 14.2 Å². The van der Waals surface area contributed by atoms with Gasteiger partial charge in [0.1, 0.15) is 6.61 Å². The molecule has 0 aromatic rings. The van der Waals surface area contributed by atoms with Crippen LogP contribution in [0.15, 0.2) is 48.6 Å². The number of allylic oxidation sites excluding steroid dienone is 8. The SMILES string of the molecule is CC/C=C/C/C=C/C/C=C/CCCCCCC(=O)OCC(COCCC(C(=O)O)[N+](C)(C)C)OC(=O)CCCCC/C=C/CCCCCCCCC. The van der Waals surface area contributed by atoms with Crippen molar-refractivity contribution >= 4 is 17.9 Å². The van der Waals surface area contributed by atoms with Crippen molar-refractivity contribution in [2.24, 2.45) is 0 Å². The van der Waals surface area contributed by atoms with Crippen molar-refractivity contribution < 1.29 is 38.2 Å². The fourth-order valence-corrected chi connectivity index (χ4v) is 5.75. The molecule has 8 heteroatoms. The lowest BCUT2D eigenvalue weighted by atomic mass is 10.1. The van der Waals surface area contributed by atoms with Crippen LogP contribution < -0.4 is 0 Å². The van der Waals surface area contributed by atoms with Gasteiger partial charge in [-0.3, -0.25) is 9.59 Å². The first-order valence-electron chi connectivity index (χ1n) is 20.7. The number of ether oxygens (including phenoxy) is 3. The zero-order valence-electron chi connectivity index (χ0n) is 34.0. The first kappa shape index (κ1) is 49.3. The molecule has 0 saturated carbocycles. The van der Waals surface area contributed by atoms with Gasteiger partial charge in [0.25, 0.3) is 0 Å². The Morgan fingerprint density at radius 2 is 1.08 bits per heavy atom. The van der Waals surface area contributed by atoms with E-state index in [0.29, 0.717) is 19.3 Å². The number of carboxylic acid groups (broad SMARTS) is 1. The molecule has 52 heavy (non-hydrogen) atoms. The predicted molar refractivity (Wildman–Crippen MR) is 215 cm³/mol. The molecule has 0 heterocycles. The quantitative estimate of drug-likeness (QED) is 0.0296. The first-order chi connectivity index (χ1) is 25.1. The second-order valence-electron chi connectivity index (χ2n) is 14.9. The van der Waals surface area contributed by atoms with Crippen molar-refractivity contribution in [3.8, 4) is 0 Å². The van der Waals surface area contributed by atoms with Gasteiger partial charge in [-0.1, -0.05) is 120 Å². The third-order valence-electron chi connectivity index (χ3n) is 8.96. The summed E-state index contributed by atoms with van der Waals surface area (Å²) >= 11 is 0. The van der Waals surface area contributed by atoms with Crippen LogP contribution in [0.5, 0.6) is 0 Å². The van der Waals surface area contributed by atoms with Crippen molar-refractivity contribution in [3.05, 3.63) is 48.6 Å². The number of unbranched alkanes of at least 4 members (excludes halogenated alkanes) is 14. The van der Waals surface area contributed by atoms with E-state index in [9.17, 15) is 19.5 Å². The van der Waals surface area contributed by atoms with E-state index in [1.165, 1.54) is 44.9 Å². The maximum Gasteiger partial charge on any atom is 0.362 e. The van der Waals surface area contributed by atoms with Crippen LogP contribution in [0.1, 0.15) is 162 Å². The number of hydrogen-bond donors (Lipinski definition) is 1. The first-order valence-corrected chi connectivity index (χ1v) is 20.7. The highest BCUT2D eigenvalue weighted by Crippen LogP contribution is 2.13. The zero-order chi connectivity index (χ0) is 38.5. The number of nitrogens with zero attached hydrogens (tertiary/aromatic N) is 1. The van der Waals surface area contributed by atoms with Crippen LogP contribution in [0, 0.1) is 0 Å². The molecule has 0 amide bonds. The summed E-state index contributed by atoms with van der Waals surface area (Å²) in [5.74, 6) is -1.52. The van der Waals surface area contributed by atoms with Gasteiger partial charge in [-0.2, -0.15) is 0 Å². The third kappa shape index (κ3) is 33.1. The van der Waals surface area contributed by atoms with Crippen molar-refractivity contribution in [1.29, 1.82) is 0 Å². The lowest BCUT2D eigenvalue weighted by molar-refractivity contribution is -0.887. The monoisotopic (exact) mass is 733 g/mol. The van der Waals surface area contributed by atoms with E-state index in [-0.39, 0.29) is 36.2 Å². The second kappa shape index (κ2) is 35.3. The maximum atomic E-state index is 12.7. The Morgan fingerprint density at radius 3 is 1.63 bits per heavy atom. The van der Waals surface area contributed by atoms with Crippen LogP contribution in [-0.4, -0.2) is 80.6 Å². The van der Waals surface area contributed by atoms with Gasteiger partial charge < -0.3 is 23.8 Å². The number of hydrogen-bond acceptors (Lipinski definition) is 6.